The largest absolute Gasteiger partial charge is 0.347 e. The van der Waals surface area contributed by atoms with Crippen molar-refractivity contribution in [2.45, 2.75) is 40.2 Å². The van der Waals surface area contributed by atoms with Crippen molar-refractivity contribution < 1.29 is 19.6 Å². The second kappa shape index (κ2) is 9.16. The molecule has 0 aliphatic rings. The number of nitrogens with zero attached hydrogens (tertiary/aromatic N) is 2. The number of carbonyl (C=O) groups excluding carboxylic acids is 3. The monoisotopic (exact) mass is 325 g/mol. The van der Waals surface area contributed by atoms with Crippen molar-refractivity contribution in [3.63, 3.8) is 0 Å². The highest BCUT2D eigenvalue weighted by molar-refractivity contribution is 5.89. The topological polar surface area (TPSA) is 90.0 Å². The first kappa shape index (κ1) is 20.9. The fourth-order valence-corrected chi connectivity index (χ4v) is 1.90. The molecule has 0 saturated heterocycles. The molecule has 2 N–H and O–H groups in total. The number of likely N-dealkylation sites (N-methyl/N-ethyl adjacent to an activating group) is 1. The summed E-state index contributed by atoms with van der Waals surface area (Å²) in [6.45, 7) is 7.01. The molecule has 7 nitrogen and oxygen atoms in total. The quantitative estimate of drug-likeness (QED) is 0.308. The Morgan fingerprint density at radius 2 is 1.87 bits per heavy atom. The van der Waals surface area contributed by atoms with Crippen LogP contribution in [-0.4, -0.2) is 60.1 Å². The van der Waals surface area contributed by atoms with E-state index >= 15 is 0 Å². The molecule has 3 amide bonds. The Balaban J connectivity index is 5.25. The Hall–Kier alpha value is -2.07. The van der Waals surface area contributed by atoms with Crippen molar-refractivity contribution in [3.8, 4) is 11.8 Å². The van der Waals surface area contributed by atoms with Crippen LogP contribution in [-0.2, 0) is 14.4 Å². The second-order valence-corrected chi connectivity index (χ2v) is 6.60. The molecule has 7 heteroatoms. The lowest BCUT2D eigenvalue weighted by Crippen LogP contribution is -2.55. The van der Waals surface area contributed by atoms with E-state index in [1.807, 2.05) is 20.8 Å². The van der Waals surface area contributed by atoms with E-state index in [1.54, 1.807) is 21.0 Å². The van der Waals surface area contributed by atoms with Gasteiger partial charge in [0.2, 0.25) is 18.2 Å². The van der Waals surface area contributed by atoms with Crippen molar-refractivity contribution >= 4 is 18.2 Å². The van der Waals surface area contributed by atoms with Crippen molar-refractivity contribution in [2.24, 2.45) is 11.3 Å². The molecular weight excluding hydrogens is 298 g/mol. The van der Waals surface area contributed by atoms with Gasteiger partial charge >= 0.3 is 0 Å². The summed E-state index contributed by atoms with van der Waals surface area (Å²) in [6.07, 6.45) is 0.409. The molecule has 130 valence electrons. The first-order valence-corrected chi connectivity index (χ1v) is 7.36. The lowest BCUT2D eigenvalue weighted by Gasteiger charge is -2.33. The maximum atomic E-state index is 12.5. The minimum absolute atomic E-state index is 0.181. The van der Waals surface area contributed by atoms with Gasteiger partial charge in [-0.3, -0.25) is 19.6 Å². The SMILES string of the molecule is CC#CCC(CN(O)C=O)C(=O)NC(C(=O)N(C)C)C(C)(C)C. The molecule has 0 radical (unpaired) electrons. The molecule has 0 bridgehead atoms. The first-order chi connectivity index (χ1) is 10.5. The standard InChI is InChI=1S/C16H27N3O4/c1-7-8-9-12(10-19(23)11-20)14(21)17-13(16(2,3)4)15(22)18(5)6/h11-13,23H,9-10H2,1-6H3,(H,17,21). The second-order valence-electron chi connectivity index (χ2n) is 6.60. The Labute approximate surface area is 138 Å². The van der Waals surface area contributed by atoms with E-state index < -0.39 is 23.3 Å². The van der Waals surface area contributed by atoms with Gasteiger partial charge in [-0.1, -0.05) is 20.8 Å². The van der Waals surface area contributed by atoms with Crippen LogP contribution in [0.5, 0.6) is 0 Å². The van der Waals surface area contributed by atoms with E-state index in [4.69, 9.17) is 0 Å². The highest BCUT2D eigenvalue weighted by atomic mass is 16.5. The number of hydroxylamine groups is 2. The van der Waals surface area contributed by atoms with Gasteiger partial charge in [0.05, 0.1) is 12.5 Å². The summed E-state index contributed by atoms with van der Waals surface area (Å²) < 4.78 is 0. The summed E-state index contributed by atoms with van der Waals surface area (Å²) in [5, 5.41) is 12.5. The Bertz CT molecular complexity index is 486. The number of hydrogen-bond acceptors (Lipinski definition) is 4. The maximum absolute atomic E-state index is 12.5. The first-order valence-electron chi connectivity index (χ1n) is 7.36. The van der Waals surface area contributed by atoms with Gasteiger partial charge < -0.3 is 10.2 Å². The molecule has 2 atom stereocenters. The third-order valence-electron chi connectivity index (χ3n) is 3.27. The van der Waals surface area contributed by atoms with Crippen molar-refractivity contribution in [2.75, 3.05) is 20.6 Å². The van der Waals surface area contributed by atoms with Crippen LogP contribution < -0.4 is 5.32 Å². The van der Waals surface area contributed by atoms with Crippen molar-refractivity contribution in [3.05, 3.63) is 0 Å². The van der Waals surface area contributed by atoms with E-state index in [0.29, 0.717) is 5.06 Å². The predicted octanol–water partition coefficient (Wildman–Crippen LogP) is 0.483. The number of rotatable bonds is 7. The summed E-state index contributed by atoms with van der Waals surface area (Å²) in [4.78, 5) is 36.8. The minimum Gasteiger partial charge on any atom is -0.347 e. The Morgan fingerprint density at radius 3 is 2.26 bits per heavy atom. The molecule has 0 aliphatic carbocycles. The Kier molecular flexibility index (Phi) is 8.33. The minimum atomic E-state index is -0.725. The van der Waals surface area contributed by atoms with Gasteiger partial charge in [0.25, 0.3) is 0 Å². The van der Waals surface area contributed by atoms with Gasteiger partial charge in [-0.2, -0.15) is 0 Å². The number of hydrogen-bond donors (Lipinski definition) is 2. The third-order valence-corrected chi connectivity index (χ3v) is 3.27. The number of nitrogens with one attached hydrogen (secondary N) is 1. The molecule has 0 aromatic rings. The molecule has 0 heterocycles. The lowest BCUT2D eigenvalue weighted by molar-refractivity contribution is -0.155. The van der Waals surface area contributed by atoms with Crippen LogP contribution in [0.2, 0.25) is 0 Å². The van der Waals surface area contributed by atoms with Gasteiger partial charge in [-0.25, -0.2) is 5.06 Å². The zero-order valence-electron chi connectivity index (χ0n) is 14.7. The number of amides is 3. The van der Waals surface area contributed by atoms with Crippen LogP contribution >= 0.6 is 0 Å². The van der Waals surface area contributed by atoms with Crippen LogP contribution in [0.25, 0.3) is 0 Å². The molecular formula is C16H27N3O4. The summed E-state index contributed by atoms with van der Waals surface area (Å²) >= 11 is 0. The zero-order valence-corrected chi connectivity index (χ0v) is 14.7. The molecule has 0 spiro atoms. The smallest absolute Gasteiger partial charge is 0.245 e. The van der Waals surface area contributed by atoms with Crippen LogP contribution in [0, 0.1) is 23.2 Å². The van der Waals surface area contributed by atoms with E-state index in [0.717, 1.165) is 0 Å². The van der Waals surface area contributed by atoms with E-state index in [-0.39, 0.29) is 25.3 Å². The highest BCUT2D eigenvalue weighted by Gasteiger charge is 2.35. The average Bonchev–Trinajstić information content (AvgIpc) is 2.46. The number of carbonyl (C=O) groups is 3. The fraction of sp³-hybridized carbons (Fsp3) is 0.688. The summed E-state index contributed by atoms with van der Waals surface area (Å²) in [5.74, 6) is 4.07. The van der Waals surface area contributed by atoms with Crippen LogP contribution in [0.1, 0.15) is 34.1 Å². The van der Waals surface area contributed by atoms with Crippen LogP contribution in [0.3, 0.4) is 0 Å². The fourth-order valence-electron chi connectivity index (χ4n) is 1.90. The zero-order chi connectivity index (χ0) is 18.2. The molecule has 0 aliphatic heterocycles. The van der Waals surface area contributed by atoms with Gasteiger partial charge in [-0.05, 0) is 12.3 Å². The van der Waals surface area contributed by atoms with Gasteiger partial charge in [-0.15, -0.1) is 11.8 Å². The summed E-state index contributed by atoms with van der Waals surface area (Å²) in [5.41, 5.74) is -0.485. The van der Waals surface area contributed by atoms with E-state index in [1.165, 1.54) is 4.90 Å². The van der Waals surface area contributed by atoms with Crippen LogP contribution in [0.15, 0.2) is 0 Å². The average molecular weight is 325 g/mol. The summed E-state index contributed by atoms with van der Waals surface area (Å²) in [6, 6.07) is -0.717. The summed E-state index contributed by atoms with van der Waals surface area (Å²) in [7, 11) is 3.24. The van der Waals surface area contributed by atoms with Crippen LogP contribution in [0.4, 0.5) is 0 Å². The van der Waals surface area contributed by atoms with E-state index in [2.05, 4.69) is 17.2 Å². The van der Waals surface area contributed by atoms with Crippen molar-refractivity contribution in [1.29, 1.82) is 0 Å². The van der Waals surface area contributed by atoms with Crippen molar-refractivity contribution in [1.82, 2.24) is 15.3 Å². The molecule has 0 aromatic heterocycles. The van der Waals surface area contributed by atoms with Gasteiger partial charge in [0.1, 0.15) is 6.04 Å². The highest BCUT2D eigenvalue weighted by Crippen LogP contribution is 2.21. The van der Waals surface area contributed by atoms with E-state index in [9.17, 15) is 19.6 Å². The molecule has 0 saturated carbocycles. The molecule has 0 fully saturated rings. The molecule has 0 rings (SSSR count). The molecule has 2 unspecified atom stereocenters. The molecule has 0 aromatic carbocycles. The van der Waals surface area contributed by atoms with Gasteiger partial charge in [0, 0.05) is 20.5 Å². The maximum Gasteiger partial charge on any atom is 0.245 e. The predicted molar refractivity (Wildman–Crippen MR) is 86.2 cm³/mol. The van der Waals surface area contributed by atoms with Gasteiger partial charge in [0.15, 0.2) is 0 Å². The lowest BCUT2D eigenvalue weighted by atomic mass is 9.85. The third kappa shape index (κ3) is 7.15. The Morgan fingerprint density at radius 1 is 1.30 bits per heavy atom. The normalized spacial score (nSPS) is 13.2. The molecule has 23 heavy (non-hydrogen) atoms.